The Balaban J connectivity index is 2.08. The van der Waals surface area contributed by atoms with Crippen LogP contribution >= 0.6 is 0 Å². The molecule has 0 unspecified atom stereocenters. The molecule has 0 saturated carbocycles. The van der Waals surface area contributed by atoms with Crippen LogP contribution in [0.1, 0.15) is 30.9 Å². The molecule has 1 aromatic heterocycles. The van der Waals surface area contributed by atoms with Crippen molar-refractivity contribution < 1.29 is 9.15 Å². The number of ether oxygens (including phenoxy) is 1. The summed E-state index contributed by atoms with van der Waals surface area (Å²) in [6.45, 7) is 10.8. The fraction of sp³-hybridized carbons (Fsp3) is 0.714. The summed E-state index contributed by atoms with van der Waals surface area (Å²) in [5, 5.41) is 3.12. The van der Waals surface area contributed by atoms with Gasteiger partial charge in [-0.25, -0.2) is 0 Å². The van der Waals surface area contributed by atoms with Crippen LogP contribution in [0, 0.1) is 6.92 Å². The molecule has 1 fully saturated rings. The van der Waals surface area contributed by atoms with Gasteiger partial charge in [-0.15, -0.1) is 0 Å². The van der Waals surface area contributed by atoms with Crippen LogP contribution in [-0.2, 0) is 17.8 Å². The highest BCUT2D eigenvalue weighted by Gasteiger charge is 2.31. The van der Waals surface area contributed by atoms with E-state index < -0.39 is 0 Å². The summed E-state index contributed by atoms with van der Waals surface area (Å²) in [7, 11) is 1.93. The monoisotopic (exact) mass is 252 g/mol. The highest BCUT2D eigenvalue weighted by atomic mass is 16.5. The average molecular weight is 252 g/mol. The second-order valence-electron chi connectivity index (χ2n) is 5.61. The molecule has 1 saturated heterocycles. The van der Waals surface area contributed by atoms with Gasteiger partial charge in [0, 0.05) is 24.2 Å². The van der Waals surface area contributed by atoms with Crippen LogP contribution in [0.5, 0.6) is 0 Å². The summed E-state index contributed by atoms with van der Waals surface area (Å²) in [5.74, 6) is 2.04. The number of rotatable bonds is 4. The smallest absolute Gasteiger partial charge is 0.118 e. The Morgan fingerprint density at radius 3 is 2.89 bits per heavy atom. The molecule has 1 N–H and O–H groups in total. The van der Waals surface area contributed by atoms with E-state index in [0.29, 0.717) is 0 Å². The first-order chi connectivity index (χ1) is 8.53. The minimum atomic E-state index is 0.102. The van der Waals surface area contributed by atoms with Gasteiger partial charge in [-0.05, 0) is 33.9 Å². The third-order valence-electron chi connectivity index (χ3n) is 3.60. The standard InChI is InChI=1S/C14H24N2O2/c1-11-12(7-13(18-11)8-15-4)9-16-5-6-17-10-14(16,2)3/h7,15H,5-6,8-10H2,1-4H3. The second kappa shape index (κ2) is 5.43. The van der Waals surface area contributed by atoms with Gasteiger partial charge in [0.1, 0.15) is 11.5 Å². The van der Waals surface area contributed by atoms with Gasteiger partial charge in [-0.1, -0.05) is 0 Å². The summed E-state index contributed by atoms with van der Waals surface area (Å²) < 4.78 is 11.3. The van der Waals surface area contributed by atoms with Crippen molar-refractivity contribution in [3.05, 3.63) is 23.2 Å². The van der Waals surface area contributed by atoms with Crippen molar-refractivity contribution in [1.29, 1.82) is 0 Å². The molecular weight excluding hydrogens is 228 g/mol. The third-order valence-corrected chi connectivity index (χ3v) is 3.60. The maximum absolute atomic E-state index is 5.74. The predicted octanol–water partition coefficient (Wildman–Crippen LogP) is 1.92. The summed E-state index contributed by atoms with van der Waals surface area (Å²) in [6, 6.07) is 2.16. The summed E-state index contributed by atoms with van der Waals surface area (Å²) >= 11 is 0. The normalized spacial score (nSPS) is 20.2. The molecule has 1 aliphatic heterocycles. The van der Waals surface area contributed by atoms with Crippen molar-refractivity contribution in [2.24, 2.45) is 0 Å². The summed E-state index contributed by atoms with van der Waals surface area (Å²) in [5.41, 5.74) is 1.39. The lowest BCUT2D eigenvalue weighted by Gasteiger charge is -2.42. The van der Waals surface area contributed by atoms with Crippen LogP contribution in [0.2, 0.25) is 0 Å². The van der Waals surface area contributed by atoms with Gasteiger partial charge in [-0.2, -0.15) is 0 Å². The Bertz CT molecular complexity index is 398. The maximum Gasteiger partial charge on any atom is 0.118 e. The van der Waals surface area contributed by atoms with Gasteiger partial charge >= 0.3 is 0 Å². The molecular formula is C14H24N2O2. The van der Waals surface area contributed by atoms with Gasteiger partial charge in [0.05, 0.1) is 19.8 Å². The Morgan fingerprint density at radius 1 is 1.44 bits per heavy atom. The SMILES string of the molecule is CNCc1cc(CN2CCOCC2(C)C)c(C)o1. The van der Waals surface area contributed by atoms with Crippen LogP contribution in [-0.4, -0.2) is 37.2 Å². The lowest BCUT2D eigenvalue weighted by atomic mass is 10.0. The molecule has 0 spiro atoms. The lowest BCUT2D eigenvalue weighted by Crippen LogP contribution is -2.52. The first kappa shape index (κ1) is 13.6. The van der Waals surface area contributed by atoms with E-state index in [2.05, 4.69) is 30.1 Å². The molecule has 4 heteroatoms. The van der Waals surface area contributed by atoms with Crippen LogP contribution in [0.25, 0.3) is 0 Å². The van der Waals surface area contributed by atoms with Gasteiger partial charge in [0.2, 0.25) is 0 Å². The van der Waals surface area contributed by atoms with Crippen LogP contribution in [0.3, 0.4) is 0 Å². The van der Waals surface area contributed by atoms with E-state index in [1.165, 1.54) is 5.56 Å². The van der Waals surface area contributed by atoms with Crippen LogP contribution in [0.4, 0.5) is 0 Å². The second-order valence-corrected chi connectivity index (χ2v) is 5.61. The molecule has 0 aliphatic carbocycles. The topological polar surface area (TPSA) is 37.6 Å². The Kier molecular flexibility index (Phi) is 4.10. The number of furan rings is 1. The molecule has 0 radical (unpaired) electrons. The quantitative estimate of drug-likeness (QED) is 0.888. The Morgan fingerprint density at radius 2 is 2.22 bits per heavy atom. The summed E-state index contributed by atoms with van der Waals surface area (Å²) in [4.78, 5) is 2.47. The highest BCUT2D eigenvalue weighted by molar-refractivity contribution is 5.21. The number of nitrogens with one attached hydrogen (secondary N) is 1. The Hall–Kier alpha value is -0.840. The highest BCUT2D eigenvalue weighted by Crippen LogP contribution is 2.24. The van der Waals surface area contributed by atoms with Crippen molar-refractivity contribution in [2.75, 3.05) is 26.8 Å². The van der Waals surface area contributed by atoms with Crippen molar-refractivity contribution in [3.8, 4) is 0 Å². The minimum Gasteiger partial charge on any atom is -0.465 e. The molecule has 2 rings (SSSR count). The van der Waals surface area contributed by atoms with E-state index in [1.54, 1.807) is 0 Å². The first-order valence-corrected chi connectivity index (χ1v) is 6.58. The van der Waals surface area contributed by atoms with E-state index >= 15 is 0 Å². The molecule has 18 heavy (non-hydrogen) atoms. The van der Waals surface area contributed by atoms with E-state index in [9.17, 15) is 0 Å². The van der Waals surface area contributed by atoms with E-state index in [1.807, 2.05) is 14.0 Å². The molecule has 2 heterocycles. The van der Waals surface area contributed by atoms with Crippen molar-refractivity contribution in [2.45, 2.75) is 39.4 Å². The van der Waals surface area contributed by atoms with E-state index in [4.69, 9.17) is 9.15 Å². The average Bonchev–Trinajstić information content (AvgIpc) is 2.63. The third kappa shape index (κ3) is 2.94. The van der Waals surface area contributed by atoms with E-state index in [0.717, 1.165) is 44.4 Å². The first-order valence-electron chi connectivity index (χ1n) is 6.58. The van der Waals surface area contributed by atoms with Crippen LogP contribution < -0.4 is 5.32 Å². The van der Waals surface area contributed by atoms with Crippen molar-refractivity contribution in [1.82, 2.24) is 10.2 Å². The molecule has 4 nitrogen and oxygen atoms in total. The molecule has 0 atom stereocenters. The molecule has 0 bridgehead atoms. The van der Waals surface area contributed by atoms with Crippen molar-refractivity contribution in [3.63, 3.8) is 0 Å². The molecule has 0 aromatic carbocycles. The van der Waals surface area contributed by atoms with Crippen LogP contribution in [0.15, 0.2) is 10.5 Å². The van der Waals surface area contributed by atoms with Gasteiger partial charge < -0.3 is 14.5 Å². The van der Waals surface area contributed by atoms with Gasteiger partial charge in [-0.3, -0.25) is 4.90 Å². The summed E-state index contributed by atoms with van der Waals surface area (Å²) in [6.07, 6.45) is 0. The van der Waals surface area contributed by atoms with Crippen molar-refractivity contribution >= 4 is 0 Å². The Labute approximate surface area is 109 Å². The largest absolute Gasteiger partial charge is 0.465 e. The fourth-order valence-corrected chi connectivity index (χ4v) is 2.40. The lowest BCUT2D eigenvalue weighted by molar-refractivity contribution is -0.0554. The molecule has 102 valence electrons. The number of aryl methyl sites for hydroxylation is 1. The zero-order valence-corrected chi connectivity index (χ0v) is 11.9. The predicted molar refractivity (Wildman–Crippen MR) is 71.5 cm³/mol. The number of hydrogen-bond acceptors (Lipinski definition) is 4. The number of hydrogen-bond donors (Lipinski definition) is 1. The molecule has 0 amide bonds. The molecule has 1 aliphatic rings. The number of nitrogens with zero attached hydrogens (tertiary/aromatic N) is 1. The van der Waals surface area contributed by atoms with Gasteiger partial charge in [0.15, 0.2) is 0 Å². The van der Waals surface area contributed by atoms with E-state index in [-0.39, 0.29) is 5.54 Å². The minimum absolute atomic E-state index is 0.102. The van der Waals surface area contributed by atoms with Gasteiger partial charge in [0.25, 0.3) is 0 Å². The molecule has 1 aromatic rings. The zero-order chi connectivity index (χ0) is 13.2. The fourth-order valence-electron chi connectivity index (χ4n) is 2.40. The zero-order valence-electron chi connectivity index (χ0n) is 11.9. The maximum atomic E-state index is 5.74. The number of morpholine rings is 1.